The molecule has 0 spiro atoms. The fourth-order valence-electron chi connectivity index (χ4n) is 6.38. The van der Waals surface area contributed by atoms with E-state index in [9.17, 15) is 18.8 Å². The Labute approximate surface area is 263 Å². The summed E-state index contributed by atoms with van der Waals surface area (Å²) in [5.74, 6) is -0.346. The molecule has 0 radical (unpaired) electrons. The highest BCUT2D eigenvalue weighted by Crippen LogP contribution is 2.36. The predicted molar refractivity (Wildman–Crippen MR) is 168 cm³/mol. The van der Waals surface area contributed by atoms with Crippen molar-refractivity contribution in [1.29, 1.82) is 0 Å². The number of carbonyl (C=O) groups excluding carboxylic acids is 1. The Kier molecular flexibility index (Phi) is 8.68. The molecule has 6 rings (SSSR count). The third-order valence-electron chi connectivity index (χ3n) is 8.79. The third-order valence-corrected chi connectivity index (χ3v) is 10.1. The number of aryl methyl sites for hydroxylation is 1. The molecule has 11 nitrogen and oxygen atoms in total. The van der Waals surface area contributed by atoms with Crippen LogP contribution in [0.4, 0.5) is 4.39 Å². The Morgan fingerprint density at radius 2 is 1.93 bits per heavy atom. The van der Waals surface area contributed by atoms with Crippen LogP contribution in [0.1, 0.15) is 56.8 Å². The smallest absolute Gasteiger partial charge is 0.333 e. The Hall–Kier alpha value is -3.81. The van der Waals surface area contributed by atoms with E-state index in [0.29, 0.717) is 71.2 Å². The van der Waals surface area contributed by atoms with Crippen LogP contribution in [0.25, 0.3) is 15.2 Å². The van der Waals surface area contributed by atoms with Crippen LogP contribution in [0.5, 0.6) is 5.75 Å². The second kappa shape index (κ2) is 12.5. The fraction of sp³-hybridized carbons (Fsp3) is 0.500. The number of hydrogen-bond donors (Lipinski definition) is 0. The molecule has 4 aromatic rings. The van der Waals surface area contributed by atoms with Gasteiger partial charge < -0.3 is 19.1 Å². The molecule has 2 aliphatic rings. The molecule has 0 saturated carbocycles. The minimum atomic E-state index is -1.47. The first-order valence-electron chi connectivity index (χ1n) is 15.3. The summed E-state index contributed by atoms with van der Waals surface area (Å²) < 4.78 is 36.7. The van der Waals surface area contributed by atoms with E-state index in [1.807, 2.05) is 6.92 Å². The summed E-state index contributed by atoms with van der Waals surface area (Å²) in [6, 6.07) is 5.98. The summed E-state index contributed by atoms with van der Waals surface area (Å²) in [5, 5.41) is 5.37. The number of ether oxygens (including phenoxy) is 3. The maximum Gasteiger partial charge on any atom is 0.333 e. The fourth-order valence-corrected chi connectivity index (χ4v) is 7.63. The van der Waals surface area contributed by atoms with Crippen LogP contribution in [0.15, 0.2) is 46.2 Å². The number of halogens is 1. The zero-order valence-electron chi connectivity index (χ0n) is 26.0. The van der Waals surface area contributed by atoms with E-state index >= 15 is 0 Å². The quantitative estimate of drug-likeness (QED) is 0.271. The van der Waals surface area contributed by atoms with Gasteiger partial charge in [-0.3, -0.25) is 14.2 Å². The van der Waals surface area contributed by atoms with Gasteiger partial charge in [0.25, 0.3) is 5.56 Å². The molecule has 1 atom stereocenters. The second-order valence-electron chi connectivity index (χ2n) is 12.1. The average molecular weight is 640 g/mol. The van der Waals surface area contributed by atoms with Crippen molar-refractivity contribution in [3.8, 4) is 10.8 Å². The molecule has 240 valence electrons. The summed E-state index contributed by atoms with van der Waals surface area (Å²) in [5.41, 5.74) is -1.58. The number of thiophene rings is 1. The van der Waals surface area contributed by atoms with Crippen molar-refractivity contribution in [2.45, 2.75) is 70.7 Å². The van der Waals surface area contributed by atoms with Crippen LogP contribution in [0.3, 0.4) is 0 Å². The van der Waals surface area contributed by atoms with Crippen molar-refractivity contribution in [3.63, 3.8) is 0 Å². The molecule has 3 aromatic heterocycles. The van der Waals surface area contributed by atoms with E-state index in [1.165, 1.54) is 41.2 Å². The van der Waals surface area contributed by atoms with Crippen molar-refractivity contribution in [2.75, 3.05) is 33.4 Å². The van der Waals surface area contributed by atoms with Crippen LogP contribution >= 0.6 is 11.3 Å². The standard InChI is InChI=1S/C32H38FN5O6S/c1-20-26-27(39)38(32(2,3)30(40)35-13-5-6-14-35)31(41)36(29(26)45-28(20)37-15-7-12-34-37)19-25(44-22-10-16-43-17-11-22)23-18-21(33)8-9-24(23)42-4/h7-9,12,15,18,22,25H,5-6,10-11,13-14,16-17,19H2,1-4H3/t25-/m0/s1. The number of fused-ring (bicyclic) bond motifs is 1. The molecule has 45 heavy (non-hydrogen) atoms. The van der Waals surface area contributed by atoms with Crippen molar-refractivity contribution < 1.29 is 23.4 Å². The van der Waals surface area contributed by atoms with Crippen LogP contribution in [0.2, 0.25) is 0 Å². The van der Waals surface area contributed by atoms with Crippen molar-refractivity contribution >= 4 is 27.5 Å². The van der Waals surface area contributed by atoms with Gasteiger partial charge in [-0.25, -0.2) is 18.4 Å². The van der Waals surface area contributed by atoms with Gasteiger partial charge in [0.2, 0.25) is 5.91 Å². The number of hydrogen-bond acceptors (Lipinski definition) is 8. The molecule has 0 bridgehead atoms. The summed E-state index contributed by atoms with van der Waals surface area (Å²) >= 11 is 1.26. The van der Waals surface area contributed by atoms with Crippen molar-refractivity contribution in [2.24, 2.45) is 0 Å². The van der Waals surface area contributed by atoms with Gasteiger partial charge in [-0.2, -0.15) is 5.10 Å². The lowest BCUT2D eigenvalue weighted by Gasteiger charge is -2.32. The average Bonchev–Trinajstić information content (AvgIpc) is 3.81. The highest BCUT2D eigenvalue weighted by Gasteiger charge is 2.39. The Balaban J connectivity index is 1.57. The molecule has 13 heteroatoms. The lowest BCUT2D eigenvalue weighted by Crippen LogP contribution is -2.56. The van der Waals surface area contributed by atoms with E-state index in [0.717, 1.165) is 17.4 Å². The van der Waals surface area contributed by atoms with E-state index in [2.05, 4.69) is 5.10 Å². The molecule has 0 N–H and O–H groups in total. The zero-order chi connectivity index (χ0) is 31.9. The molecular weight excluding hydrogens is 601 g/mol. The van der Waals surface area contributed by atoms with E-state index in [4.69, 9.17) is 14.2 Å². The SMILES string of the molecule is COc1ccc(F)cc1[C@H](Cn1c(=O)n(C(C)(C)C(=O)N2CCCC2)c(=O)c2c(C)c(-n3cccn3)sc21)OC1CCOCC1. The van der Waals surface area contributed by atoms with Crippen LogP contribution < -0.4 is 16.0 Å². The van der Waals surface area contributed by atoms with Gasteiger partial charge in [0.05, 0.1) is 25.1 Å². The minimum absolute atomic E-state index is 0.0563. The molecule has 0 aliphatic carbocycles. The number of carbonyl (C=O) groups is 1. The van der Waals surface area contributed by atoms with E-state index in [1.54, 1.807) is 41.9 Å². The molecule has 1 aromatic carbocycles. The maximum atomic E-state index is 14.7. The molecule has 2 saturated heterocycles. The molecule has 0 unspecified atom stereocenters. The van der Waals surface area contributed by atoms with Gasteiger partial charge in [0.1, 0.15) is 33.0 Å². The Morgan fingerprint density at radius 1 is 1.20 bits per heavy atom. The first-order chi connectivity index (χ1) is 21.6. The lowest BCUT2D eigenvalue weighted by atomic mass is 10.0. The van der Waals surface area contributed by atoms with Gasteiger partial charge in [0, 0.05) is 49.8 Å². The highest BCUT2D eigenvalue weighted by molar-refractivity contribution is 7.21. The molecule has 5 heterocycles. The van der Waals surface area contributed by atoms with E-state index in [-0.39, 0.29) is 18.6 Å². The lowest BCUT2D eigenvalue weighted by molar-refractivity contribution is -0.138. The van der Waals surface area contributed by atoms with Gasteiger partial charge in [-0.15, -0.1) is 0 Å². The van der Waals surface area contributed by atoms with Gasteiger partial charge in [0.15, 0.2) is 0 Å². The summed E-state index contributed by atoms with van der Waals surface area (Å²) in [6.45, 7) is 7.20. The normalized spacial score (nSPS) is 16.9. The maximum absolute atomic E-state index is 14.7. The number of likely N-dealkylation sites (tertiary alicyclic amines) is 1. The Bertz CT molecular complexity index is 1820. The van der Waals surface area contributed by atoms with Gasteiger partial charge in [-0.1, -0.05) is 11.3 Å². The number of methoxy groups -OCH3 is 1. The monoisotopic (exact) mass is 639 g/mol. The van der Waals surface area contributed by atoms with Gasteiger partial charge in [-0.05, 0) is 70.7 Å². The van der Waals surface area contributed by atoms with Crippen LogP contribution in [-0.2, 0) is 26.4 Å². The number of aromatic nitrogens is 4. The molecule has 1 amide bonds. The highest BCUT2D eigenvalue weighted by atomic mass is 32.1. The van der Waals surface area contributed by atoms with Crippen LogP contribution in [-0.4, -0.2) is 69.2 Å². The summed E-state index contributed by atoms with van der Waals surface area (Å²) in [7, 11) is 1.50. The molecule has 2 fully saturated rings. The first kappa shape index (κ1) is 31.2. The second-order valence-corrected chi connectivity index (χ2v) is 13.1. The predicted octanol–water partition coefficient (Wildman–Crippen LogP) is 4.16. The number of nitrogens with zero attached hydrogens (tertiary/aromatic N) is 5. The van der Waals surface area contributed by atoms with Crippen molar-refractivity contribution in [1.82, 2.24) is 23.8 Å². The van der Waals surface area contributed by atoms with E-state index < -0.39 is 28.7 Å². The van der Waals surface area contributed by atoms with Gasteiger partial charge >= 0.3 is 5.69 Å². The number of amides is 1. The zero-order valence-corrected chi connectivity index (χ0v) is 26.8. The van der Waals surface area contributed by atoms with Crippen LogP contribution in [0, 0.1) is 12.7 Å². The third kappa shape index (κ3) is 5.72. The summed E-state index contributed by atoms with van der Waals surface area (Å²) in [4.78, 5) is 44.9. The summed E-state index contributed by atoms with van der Waals surface area (Å²) in [6.07, 6.45) is 5.41. The molecular formula is C32H38FN5O6S. The first-order valence-corrected chi connectivity index (χ1v) is 16.1. The minimum Gasteiger partial charge on any atom is -0.496 e. The topological polar surface area (TPSA) is 110 Å². The van der Waals surface area contributed by atoms with Crippen molar-refractivity contribution in [3.05, 3.63) is 74.4 Å². The largest absolute Gasteiger partial charge is 0.496 e. The molecule has 2 aliphatic heterocycles. The number of benzene rings is 1. The number of rotatable bonds is 9. The Morgan fingerprint density at radius 3 is 2.60 bits per heavy atom.